The predicted octanol–water partition coefficient (Wildman–Crippen LogP) is 6.00. The lowest BCUT2D eigenvalue weighted by Gasteiger charge is -2.33. The Morgan fingerprint density at radius 3 is 2.72 bits per heavy atom. The molecule has 1 aliphatic heterocycles. The van der Waals surface area contributed by atoms with Gasteiger partial charge in [-0.3, -0.25) is 14.7 Å². The van der Waals surface area contributed by atoms with Crippen LogP contribution in [0.3, 0.4) is 0 Å². The van der Waals surface area contributed by atoms with E-state index in [1.54, 1.807) is 17.2 Å². The summed E-state index contributed by atoms with van der Waals surface area (Å²) < 4.78 is 29.3. The Balaban J connectivity index is 1.47. The smallest absolute Gasteiger partial charge is 0.252 e. The van der Waals surface area contributed by atoms with Gasteiger partial charge in [0, 0.05) is 24.3 Å². The lowest BCUT2D eigenvalue weighted by Crippen LogP contribution is -2.46. The fraction of sp³-hybridized carbons (Fsp3) is 0.292. The van der Waals surface area contributed by atoms with Crippen molar-refractivity contribution in [2.75, 3.05) is 18.0 Å². The minimum absolute atomic E-state index is 0.102. The van der Waals surface area contributed by atoms with Gasteiger partial charge < -0.3 is 0 Å². The van der Waals surface area contributed by atoms with Gasteiger partial charge in [-0.2, -0.15) is 4.31 Å². The maximum absolute atomic E-state index is 13.9. The van der Waals surface area contributed by atoms with E-state index in [0.717, 1.165) is 27.1 Å². The second-order valence-electron chi connectivity index (χ2n) is 8.52. The number of anilines is 1. The maximum atomic E-state index is 13.9. The Bertz CT molecular complexity index is 1520. The summed E-state index contributed by atoms with van der Waals surface area (Å²) >= 11 is 14.7. The average molecular weight is 582 g/mol. The summed E-state index contributed by atoms with van der Waals surface area (Å²) in [5, 5.41) is 1.15. The first-order valence-electron chi connectivity index (χ1n) is 11.3. The molecule has 36 heavy (non-hydrogen) atoms. The first kappa shape index (κ1) is 25.6. The van der Waals surface area contributed by atoms with Crippen LogP contribution in [0.25, 0.3) is 10.2 Å². The number of aryl methyl sites for hydroxylation is 1. The molecule has 0 aliphatic carbocycles. The summed E-state index contributed by atoms with van der Waals surface area (Å²) in [5.41, 5.74) is 2.32. The van der Waals surface area contributed by atoms with Crippen LogP contribution in [-0.2, 0) is 21.4 Å². The predicted molar refractivity (Wildman–Crippen MR) is 146 cm³/mol. The van der Waals surface area contributed by atoms with E-state index in [1.807, 2.05) is 37.3 Å². The highest BCUT2D eigenvalue weighted by atomic mass is 35.5. The van der Waals surface area contributed by atoms with Crippen LogP contribution in [0.5, 0.6) is 0 Å². The fourth-order valence-electron chi connectivity index (χ4n) is 4.24. The van der Waals surface area contributed by atoms with Crippen LogP contribution in [0.1, 0.15) is 24.1 Å². The summed E-state index contributed by atoms with van der Waals surface area (Å²) in [4.78, 5) is 24.7. The molecule has 188 valence electrons. The lowest BCUT2D eigenvalue weighted by molar-refractivity contribution is -0.123. The number of amides is 1. The molecule has 1 aromatic carbocycles. The third-order valence-electron chi connectivity index (χ3n) is 6.16. The van der Waals surface area contributed by atoms with Crippen molar-refractivity contribution in [1.82, 2.24) is 14.3 Å². The van der Waals surface area contributed by atoms with Crippen LogP contribution in [-0.4, -0.2) is 41.7 Å². The molecule has 0 spiro atoms. The van der Waals surface area contributed by atoms with Gasteiger partial charge in [0.1, 0.15) is 4.21 Å². The normalized spacial score (nSPS) is 16.9. The van der Waals surface area contributed by atoms with E-state index in [9.17, 15) is 13.2 Å². The van der Waals surface area contributed by atoms with Crippen molar-refractivity contribution in [3.8, 4) is 0 Å². The van der Waals surface area contributed by atoms with Crippen molar-refractivity contribution in [3.05, 3.63) is 69.3 Å². The molecule has 0 N–H and O–H groups in total. The van der Waals surface area contributed by atoms with Crippen LogP contribution in [0.4, 0.5) is 5.13 Å². The number of halogens is 2. The lowest BCUT2D eigenvalue weighted by atomic mass is 9.98. The van der Waals surface area contributed by atoms with Gasteiger partial charge in [-0.05, 0) is 61.7 Å². The van der Waals surface area contributed by atoms with E-state index in [-0.39, 0.29) is 23.2 Å². The third-order valence-corrected chi connectivity index (χ3v) is 11.2. The number of thiazole rings is 1. The molecule has 1 amide bonds. The zero-order valence-electron chi connectivity index (χ0n) is 19.2. The van der Waals surface area contributed by atoms with Crippen LogP contribution in [0.2, 0.25) is 9.36 Å². The summed E-state index contributed by atoms with van der Waals surface area (Å²) in [6.07, 6.45) is 2.85. The zero-order valence-corrected chi connectivity index (χ0v) is 23.2. The number of piperidine rings is 1. The summed E-state index contributed by atoms with van der Waals surface area (Å²) in [6.45, 7) is 2.60. The Morgan fingerprint density at radius 1 is 1.17 bits per heavy atom. The van der Waals surface area contributed by atoms with E-state index >= 15 is 0 Å². The van der Waals surface area contributed by atoms with Crippen molar-refractivity contribution in [3.63, 3.8) is 0 Å². The van der Waals surface area contributed by atoms with Crippen molar-refractivity contribution in [2.45, 2.75) is 30.5 Å². The molecule has 4 heterocycles. The van der Waals surface area contributed by atoms with E-state index < -0.39 is 15.9 Å². The molecule has 4 aromatic rings. The summed E-state index contributed by atoms with van der Waals surface area (Å²) in [6, 6.07) is 12.3. The highest BCUT2D eigenvalue weighted by Crippen LogP contribution is 2.36. The Morgan fingerprint density at radius 2 is 2.00 bits per heavy atom. The molecule has 5 rings (SSSR count). The molecule has 0 saturated carbocycles. The SMILES string of the molecule is Cc1c(Cl)ccc2sc(N(Cc3ccccn3)C(=O)C3CCCN(S(=O)(=O)c4ccc(Cl)s4)C3)nc12. The Labute approximate surface area is 227 Å². The number of sulfonamides is 1. The Kier molecular flexibility index (Phi) is 7.35. The second kappa shape index (κ2) is 10.4. The zero-order chi connectivity index (χ0) is 25.4. The molecule has 7 nitrogen and oxygen atoms in total. The number of aromatic nitrogens is 2. The maximum Gasteiger partial charge on any atom is 0.252 e. The van der Waals surface area contributed by atoms with E-state index in [0.29, 0.717) is 39.6 Å². The highest BCUT2D eigenvalue weighted by molar-refractivity contribution is 7.91. The van der Waals surface area contributed by atoms with Gasteiger partial charge in [0.05, 0.1) is 32.7 Å². The number of rotatable bonds is 6. The van der Waals surface area contributed by atoms with E-state index in [4.69, 9.17) is 28.2 Å². The molecule has 3 aromatic heterocycles. The standard InChI is InChI=1S/C24H22Cl2N4O3S3/c1-15-18(25)7-8-19-22(15)28-24(34-19)30(14-17-6-2-3-11-27-17)23(31)16-5-4-12-29(13-16)36(32,33)21-10-9-20(26)35-21/h2-3,6-11,16H,4-5,12-14H2,1H3. The van der Waals surface area contributed by atoms with Crippen molar-refractivity contribution in [1.29, 1.82) is 0 Å². The summed E-state index contributed by atoms with van der Waals surface area (Å²) in [7, 11) is -3.73. The van der Waals surface area contributed by atoms with Crippen LogP contribution >= 0.6 is 45.9 Å². The number of benzene rings is 1. The monoisotopic (exact) mass is 580 g/mol. The fourth-order valence-corrected chi connectivity index (χ4v) is 8.59. The first-order valence-corrected chi connectivity index (χ1v) is 15.1. The number of fused-ring (bicyclic) bond motifs is 1. The minimum atomic E-state index is -3.73. The van der Waals surface area contributed by atoms with Gasteiger partial charge in [-0.1, -0.05) is 40.6 Å². The molecular weight excluding hydrogens is 559 g/mol. The number of carbonyl (C=O) groups is 1. The van der Waals surface area contributed by atoms with Crippen LogP contribution in [0, 0.1) is 12.8 Å². The second-order valence-corrected chi connectivity index (χ2v) is 13.8. The molecule has 1 fully saturated rings. The molecule has 0 radical (unpaired) electrons. The van der Waals surface area contributed by atoms with Gasteiger partial charge in [0.2, 0.25) is 5.91 Å². The largest absolute Gasteiger partial charge is 0.282 e. The summed E-state index contributed by atoms with van der Waals surface area (Å²) in [5.74, 6) is -0.683. The van der Waals surface area contributed by atoms with Gasteiger partial charge >= 0.3 is 0 Å². The number of thiophene rings is 1. The molecule has 0 bridgehead atoms. The van der Waals surface area contributed by atoms with Gasteiger partial charge in [0.15, 0.2) is 5.13 Å². The third kappa shape index (κ3) is 5.03. The quantitative estimate of drug-likeness (QED) is 0.279. The van der Waals surface area contributed by atoms with Crippen molar-refractivity contribution in [2.24, 2.45) is 5.92 Å². The van der Waals surface area contributed by atoms with Crippen LogP contribution < -0.4 is 4.90 Å². The minimum Gasteiger partial charge on any atom is -0.282 e. The van der Waals surface area contributed by atoms with Crippen molar-refractivity contribution >= 4 is 77.2 Å². The van der Waals surface area contributed by atoms with E-state index in [2.05, 4.69) is 4.98 Å². The number of hydrogen-bond donors (Lipinski definition) is 0. The van der Waals surface area contributed by atoms with Crippen LogP contribution in [0.15, 0.2) is 52.9 Å². The number of carbonyl (C=O) groups excluding carboxylic acids is 1. The molecule has 1 saturated heterocycles. The highest BCUT2D eigenvalue weighted by Gasteiger charge is 2.37. The average Bonchev–Trinajstić information content (AvgIpc) is 3.52. The molecule has 1 unspecified atom stereocenters. The number of hydrogen-bond acceptors (Lipinski definition) is 7. The number of nitrogens with zero attached hydrogens (tertiary/aromatic N) is 4. The molecule has 1 atom stereocenters. The van der Waals surface area contributed by atoms with Gasteiger partial charge in [-0.25, -0.2) is 13.4 Å². The first-order chi connectivity index (χ1) is 17.2. The van der Waals surface area contributed by atoms with Gasteiger partial charge in [0.25, 0.3) is 10.0 Å². The van der Waals surface area contributed by atoms with Crippen molar-refractivity contribution < 1.29 is 13.2 Å². The topological polar surface area (TPSA) is 83.5 Å². The molecular formula is C24H22Cl2N4O3S3. The molecule has 1 aliphatic rings. The van der Waals surface area contributed by atoms with E-state index in [1.165, 1.54) is 21.7 Å². The number of pyridine rings is 1. The van der Waals surface area contributed by atoms with Gasteiger partial charge in [-0.15, -0.1) is 11.3 Å². The molecule has 12 heteroatoms. The Hall–Kier alpha value is -2.08.